The van der Waals surface area contributed by atoms with Crippen LogP contribution in [0, 0.1) is 0 Å². The Balaban J connectivity index is 1.90. The molecule has 0 amide bonds. The Hall–Kier alpha value is -0.900. The van der Waals surface area contributed by atoms with Gasteiger partial charge in [-0.25, -0.2) is 0 Å². The fourth-order valence-corrected chi connectivity index (χ4v) is 2.65. The number of nitrogens with zero attached hydrogens (tertiary/aromatic N) is 1. The highest BCUT2D eigenvalue weighted by Gasteiger charge is 2.10. The second kappa shape index (κ2) is 8.31. The van der Waals surface area contributed by atoms with Gasteiger partial charge in [0, 0.05) is 6.04 Å². The van der Waals surface area contributed by atoms with E-state index in [0.29, 0.717) is 6.04 Å². The van der Waals surface area contributed by atoms with Crippen LogP contribution in [0.5, 0.6) is 0 Å². The topological polar surface area (TPSA) is 27.3 Å². The molecule has 1 aromatic carbocycles. The minimum Gasteiger partial charge on any atom is -0.317 e. The molecule has 1 heterocycles. The second-order valence-electron chi connectivity index (χ2n) is 5.47. The van der Waals surface area contributed by atoms with E-state index >= 15 is 0 Å². The third-order valence-corrected chi connectivity index (χ3v) is 3.81. The molecule has 1 atom stereocenters. The van der Waals surface area contributed by atoms with Gasteiger partial charge in [-0.2, -0.15) is 0 Å². The highest BCUT2D eigenvalue weighted by Crippen LogP contribution is 2.16. The second-order valence-corrected chi connectivity index (χ2v) is 5.47. The predicted octanol–water partition coefficient (Wildman–Crippen LogP) is 2.02. The van der Waals surface area contributed by atoms with Gasteiger partial charge in [-0.3, -0.25) is 0 Å². The lowest BCUT2D eigenvalue weighted by atomic mass is 10.0. The van der Waals surface area contributed by atoms with Crippen molar-refractivity contribution in [3.05, 3.63) is 35.9 Å². The van der Waals surface area contributed by atoms with Crippen LogP contribution in [-0.2, 0) is 0 Å². The van der Waals surface area contributed by atoms with Crippen molar-refractivity contribution in [1.29, 1.82) is 0 Å². The van der Waals surface area contributed by atoms with Gasteiger partial charge in [0.15, 0.2) is 0 Å². The normalized spacial score (nSPS) is 24.4. The van der Waals surface area contributed by atoms with E-state index in [1.54, 1.807) is 0 Å². The van der Waals surface area contributed by atoms with Crippen LogP contribution in [0.4, 0.5) is 0 Å². The Morgan fingerprint density at radius 2 is 1.74 bits per heavy atom. The molecule has 19 heavy (non-hydrogen) atoms. The lowest BCUT2D eigenvalue weighted by Gasteiger charge is -2.23. The van der Waals surface area contributed by atoms with Crippen LogP contribution < -0.4 is 10.6 Å². The van der Waals surface area contributed by atoms with E-state index in [1.165, 1.54) is 37.9 Å². The Kier molecular flexibility index (Phi) is 6.34. The van der Waals surface area contributed by atoms with E-state index in [2.05, 4.69) is 52.9 Å². The summed E-state index contributed by atoms with van der Waals surface area (Å²) in [7, 11) is 2.22. The molecule has 1 fully saturated rings. The third-order valence-electron chi connectivity index (χ3n) is 3.81. The van der Waals surface area contributed by atoms with E-state index in [-0.39, 0.29) is 0 Å². The number of rotatable bonds is 1. The summed E-state index contributed by atoms with van der Waals surface area (Å²) < 4.78 is 0. The lowest BCUT2D eigenvalue weighted by molar-refractivity contribution is 0.310. The van der Waals surface area contributed by atoms with Crippen molar-refractivity contribution >= 4 is 0 Å². The van der Waals surface area contributed by atoms with E-state index in [0.717, 1.165) is 19.6 Å². The quantitative estimate of drug-likeness (QED) is 0.810. The van der Waals surface area contributed by atoms with Crippen LogP contribution in [0.1, 0.15) is 30.9 Å². The molecule has 1 aromatic rings. The summed E-state index contributed by atoms with van der Waals surface area (Å²) in [6.45, 7) is 5.72. The highest BCUT2D eigenvalue weighted by molar-refractivity contribution is 5.18. The summed E-state index contributed by atoms with van der Waals surface area (Å²) in [6.07, 6.45) is 3.65. The maximum absolute atomic E-state index is 3.71. The van der Waals surface area contributed by atoms with E-state index in [4.69, 9.17) is 0 Å². The van der Waals surface area contributed by atoms with Gasteiger partial charge in [0.05, 0.1) is 0 Å². The first-order valence-electron chi connectivity index (χ1n) is 7.54. The van der Waals surface area contributed by atoms with Crippen molar-refractivity contribution in [2.24, 2.45) is 0 Å². The standard InChI is InChI=1S/C16H27N3/c1-19-13-5-10-17-12-9-16(18-11-6-14-19)15-7-3-2-4-8-15/h2-4,7-8,16-18H,5-6,9-14H2,1H3. The summed E-state index contributed by atoms with van der Waals surface area (Å²) in [5.74, 6) is 0. The van der Waals surface area contributed by atoms with Gasteiger partial charge in [0.1, 0.15) is 0 Å². The van der Waals surface area contributed by atoms with Crippen LogP contribution in [0.3, 0.4) is 0 Å². The molecule has 0 aromatic heterocycles. The Morgan fingerprint density at radius 1 is 1.00 bits per heavy atom. The van der Waals surface area contributed by atoms with Gasteiger partial charge < -0.3 is 15.5 Å². The lowest BCUT2D eigenvalue weighted by Crippen LogP contribution is -2.32. The van der Waals surface area contributed by atoms with Gasteiger partial charge in [-0.1, -0.05) is 30.3 Å². The minimum absolute atomic E-state index is 0.485. The highest BCUT2D eigenvalue weighted by atomic mass is 15.1. The molecule has 0 spiro atoms. The molecule has 0 radical (unpaired) electrons. The van der Waals surface area contributed by atoms with Gasteiger partial charge in [0.2, 0.25) is 0 Å². The molecule has 0 aliphatic carbocycles. The molecule has 2 rings (SSSR count). The number of hydrogen-bond acceptors (Lipinski definition) is 3. The summed E-state index contributed by atoms with van der Waals surface area (Å²) in [5, 5.41) is 7.26. The van der Waals surface area contributed by atoms with Crippen molar-refractivity contribution in [3.8, 4) is 0 Å². The number of benzene rings is 1. The van der Waals surface area contributed by atoms with E-state index in [1.807, 2.05) is 0 Å². The molecule has 2 N–H and O–H groups in total. The zero-order valence-corrected chi connectivity index (χ0v) is 12.1. The summed E-state index contributed by atoms with van der Waals surface area (Å²) in [5.41, 5.74) is 1.41. The molecule has 106 valence electrons. The molecule has 3 heteroatoms. The molecule has 3 nitrogen and oxygen atoms in total. The fraction of sp³-hybridized carbons (Fsp3) is 0.625. The van der Waals surface area contributed by atoms with Crippen molar-refractivity contribution in [1.82, 2.24) is 15.5 Å². The number of nitrogens with one attached hydrogen (secondary N) is 2. The first-order chi connectivity index (χ1) is 9.36. The minimum atomic E-state index is 0.485. The van der Waals surface area contributed by atoms with Crippen molar-refractivity contribution in [2.45, 2.75) is 25.3 Å². The monoisotopic (exact) mass is 261 g/mol. The summed E-state index contributed by atoms with van der Waals surface area (Å²) in [6, 6.07) is 11.3. The van der Waals surface area contributed by atoms with Crippen molar-refractivity contribution in [2.75, 3.05) is 39.8 Å². The largest absolute Gasteiger partial charge is 0.317 e. The van der Waals surface area contributed by atoms with Crippen LogP contribution in [0.2, 0.25) is 0 Å². The Morgan fingerprint density at radius 3 is 2.53 bits per heavy atom. The van der Waals surface area contributed by atoms with Crippen LogP contribution in [0.15, 0.2) is 30.3 Å². The maximum atomic E-state index is 3.71. The predicted molar refractivity (Wildman–Crippen MR) is 81.4 cm³/mol. The third kappa shape index (κ3) is 5.31. The number of hydrogen-bond donors (Lipinski definition) is 2. The van der Waals surface area contributed by atoms with Crippen LogP contribution in [-0.4, -0.2) is 44.7 Å². The Bertz CT molecular complexity index is 339. The SMILES string of the molecule is CN1CCCNCCC(c2ccccc2)NCCC1. The van der Waals surface area contributed by atoms with E-state index < -0.39 is 0 Å². The average Bonchev–Trinajstić information content (AvgIpc) is 2.44. The average molecular weight is 261 g/mol. The Labute approximate surface area is 117 Å². The summed E-state index contributed by atoms with van der Waals surface area (Å²) >= 11 is 0. The van der Waals surface area contributed by atoms with Gasteiger partial charge >= 0.3 is 0 Å². The first kappa shape index (κ1) is 14.5. The fourth-order valence-electron chi connectivity index (χ4n) is 2.65. The molecule has 1 unspecified atom stereocenters. The maximum Gasteiger partial charge on any atom is 0.0332 e. The van der Waals surface area contributed by atoms with Gasteiger partial charge in [0.25, 0.3) is 0 Å². The molecule has 1 aliphatic rings. The van der Waals surface area contributed by atoms with Crippen LogP contribution >= 0.6 is 0 Å². The summed E-state index contributed by atoms with van der Waals surface area (Å²) in [4.78, 5) is 2.43. The van der Waals surface area contributed by atoms with Gasteiger partial charge in [-0.15, -0.1) is 0 Å². The van der Waals surface area contributed by atoms with Crippen molar-refractivity contribution < 1.29 is 0 Å². The molecular formula is C16H27N3. The first-order valence-corrected chi connectivity index (χ1v) is 7.54. The zero-order chi connectivity index (χ0) is 13.3. The molecule has 1 saturated heterocycles. The molecule has 0 bridgehead atoms. The van der Waals surface area contributed by atoms with E-state index in [9.17, 15) is 0 Å². The molecule has 0 saturated carbocycles. The smallest absolute Gasteiger partial charge is 0.0332 e. The zero-order valence-electron chi connectivity index (χ0n) is 12.1. The molecule has 1 aliphatic heterocycles. The van der Waals surface area contributed by atoms with Crippen LogP contribution in [0.25, 0.3) is 0 Å². The van der Waals surface area contributed by atoms with Crippen molar-refractivity contribution in [3.63, 3.8) is 0 Å². The molecular weight excluding hydrogens is 234 g/mol. The van der Waals surface area contributed by atoms with Gasteiger partial charge in [-0.05, 0) is 64.6 Å².